The van der Waals surface area contributed by atoms with E-state index < -0.39 is 0 Å². The summed E-state index contributed by atoms with van der Waals surface area (Å²) < 4.78 is 16.0. The fourth-order valence-corrected chi connectivity index (χ4v) is 1.55. The van der Waals surface area contributed by atoms with Gasteiger partial charge in [-0.2, -0.15) is 0 Å². The smallest absolute Gasteiger partial charge is 0.0671 e. The van der Waals surface area contributed by atoms with E-state index in [1.165, 1.54) is 0 Å². The van der Waals surface area contributed by atoms with Crippen LogP contribution in [0.4, 0.5) is 0 Å². The Bertz CT molecular complexity index is 149. The van der Waals surface area contributed by atoms with E-state index >= 15 is 0 Å². The van der Waals surface area contributed by atoms with Gasteiger partial charge in [0.25, 0.3) is 0 Å². The summed E-state index contributed by atoms with van der Waals surface area (Å²) in [6.45, 7) is 7.21. The Morgan fingerprint density at radius 2 is 2.40 bits per heavy atom. The van der Waals surface area contributed by atoms with Gasteiger partial charge in [0.2, 0.25) is 0 Å². The fourth-order valence-electron chi connectivity index (χ4n) is 1.55. The van der Waals surface area contributed by atoms with E-state index in [0.29, 0.717) is 5.92 Å². The highest BCUT2D eigenvalue weighted by Crippen LogP contribution is 2.12. The van der Waals surface area contributed by atoms with Crippen LogP contribution in [-0.4, -0.2) is 52.7 Å². The van der Waals surface area contributed by atoms with Crippen molar-refractivity contribution in [2.75, 3.05) is 46.6 Å². The van der Waals surface area contributed by atoms with Crippen molar-refractivity contribution in [3.63, 3.8) is 0 Å². The van der Waals surface area contributed by atoms with Crippen LogP contribution in [-0.2, 0) is 14.2 Å². The lowest BCUT2D eigenvalue weighted by molar-refractivity contribution is 0.0362. The molecule has 90 valence electrons. The molecule has 0 spiro atoms. The molecule has 0 aromatic rings. The third-order valence-corrected chi connectivity index (χ3v) is 2.56. The van der Waals surface area contributed by atoms with Crippen molar-refractivity contribution in [3.05, 3.63) is 0 Å². The normalized spacial score (nSPS) is 23.2. The molecule has 1 rings (SSSR count). The van der Waals surface area contributed by atoms with Crippen molar-refractivity contribution in [3.8, 4) is 0 Å². The molecular formula is C11H23NO3. The predicted molar refractivity (Wildman–Crippen MR) is 59.1 cm³/mol. The van der Waals surface area contributed by atoms with Gasteiger partial charge in [0.15, 0.2) is 0 Å². The number of rotatable bonds is 8. The van der Waals surface area contributed by atoms with Gasteiger partial charge in [-0.25, -0.2) is 0 Å². The molecule has 1 aliphatic rings. The second-order valence-corrected chi connectivity index (χ2v) is 4.07. The third kappa shape index (κ3) is 6.10. The summed E-state index contributed by atoms with van der Waals surface area (Å²) in [5.41, 5.74) is 0. The predicted octanol–water partition coefficient (Wildman–Crippen LogP) is 0.664. The Kier molecular flexibility index (Phi) is 6.92. The zero-order valence-corrected chi connectivity index (χ0v) is 9.83. The Balaban J connectivity index is 1.90. The highest BCUT2D eigenvalue weighted by molar-refractivity contribution is 4.64. The average molecular weight is 217 g/mol. The minimum atomic E-state index is 0.266. The number of hydrogen-bond acceptors (Lipinski definition) is 4. The highest BCUT2D eigenvalue weighted by atomic mass is 16.5. The molecule has 0 saturated carbocycles. The first-order valence-electron chi connectivity index (χ1n) is 5.72. The van der Waals surface area contributed by atoms with E-state index in [9.17, 15) is 0 Å². The van der Waals surface area contributed by atoms with Crippen LogP contribution in [0.15, 0.2) is 0 Å². The van der Waals surface area contributed by atoms with Crippen LogP contribution < -0.4 is 5.32 Å². The van der Waals surface area contributed by atoms with Crippen molar-refractivity contribution < 1.29 is 14.2 Å². The fraction of sp³-hybridized carbons (Fsp3) is 1.00. The summed E-state index contributed by atoms with van der Waals surface area (Å²) in [6, 6.07) is 0. The minimum Gasteiger partial charge on any atom is -0.383 e. The summed E-state index contributed by atoms with van der Waals surface area (Å²) in [6.07, 6.45) is 1.41. The summed E-state index contributed by atoms with van der Waals surface area (Å²) in [5.74, 6) is 0.603. The molecule has 1 heterocycles. The first-order valence-corrected chi connectivity index (χ1v) is 5.72. The zero-order valence-electron chi connectivity index (χ0n) is 9.83. The number of methoxy groups -OCH3 is 1. The molecule has 4 heteroatoms. The number of hydrogen-bond donors (Lipinski definition) is 1. The minimum absolute atomic E-state index is 0.266. The highest BCUT2D eigenvalue weighted by Gasteiger charge is 2.16. The molecule has 1 N–H and O–H groups in total. The summed E-state index contributed by atoms with van der Waals surface area (Å²) in [4.78, 5) is 0. The second kappa shape index (κ2) is 8.05. The second-order valence-electron chi connectivity index (χ2n) is 4.07. The Hall–Kier alpha value is -0.160. The van der Waals surface area contributed by atoms with Crippen molar-refractivity contribution in [2.24, 2.45) is 5.92 Å². The maximum Gasteiger partial charge on any atom is 0.0671 e. The molecule has 2 atom stereocenters. The molecule has 1 aliphatic heterocycles. The van der Waals surface area contributed by atoms with Crippen LogP contribution in [0, 0.1) is 5.92 Å². The molecule has 15 heavy (non-hydrogen) atoms. The maximum atomic E-state index is 5.72. The van der Waals surface area contributed by atoms with E-state index in [4.69, 9.17) is 14.2 Å². The van der Waals surface area contributed by atoms with Gasteiger partial charge < -0.3 is 19.5 Å². The van der Waals surface area contributed by atoms with Gasteiger partial charge in [-0.3, -0.25) is 0 Å². The summed E-state index contributed by atoms with van der Waals surface area (Å²) in [5, 5.41) is 3.28. The summed E-state index contributed by atoms with van der Waals surface area (Å²) >= 11 is 0. The SMILES string of the molecule is COCCNCC(C)OCC1CCOC1. The molecular weight excluding hydrogens is 194 g/mol. The molecule has 0 aromatic carbocycles. The Morgan fingerprint density at radius 1 is 1.53 bits per heavy atom. The van der Waals surface area contributed by atoms with Crippen LogP contribution in [0.3, 0.4) is 0 Å². The van der Waals surface area contributed by atoms with Gasteiger partial charge in [0.1, 0.15) is 0 Å². The van der Waals surface area contributed by atoms with Crippen LogP contribution in [0.2, 0.25) is 0 Å². The number of nitrogens with one attached hydrogen (secondary N) is 1. The molecule has 0 amide bonds. The molecule has 1 fully saturated rings. The summed E-state index contributed by atoms with van der Waals surface area (Å²) in [7, 11) is 1.71. The molecule has 4 nitrogen and oxygen atoms in total. The van der Waals surface area contributed by atoms with E-state index in [0.717, 1.165) is 45.9 Å². The Labute approximate surface area is 92.3 Å². The van der Waals surface area contributed by atoms with Gasteiger partial charge in [0.05, 0.1) is 25.9 Å². The lowest BCUT2D eigenvalue weighted by Gasteiger charge is -2.16. The molecule has 0 aromatic heterocycles. The number of ether oxygens (including phenoxy) is 3. The molecule has 1 saturated heterocycles. The maximum absolute atomic E-state index is 5.72. The lowest BCUT2D eigenvalue weighted by Crippen LogP contribution is -2.30. The standard InChI is InChI=1S/C11H23NO3/c1-10(7-12-4-6-13-2)15-9-11-3-5-14-8-11/h10-12H,3-9H2,1-2H3. The van der Waals surface area contributed by atoms with E-state index in [1.54, 1.807) is 7.11 Å². The lowest BCUT2D eigenvalue weighted by atomic mass is 10.1. The van der Waals surface area contributed by atoms with Crippen molar-refractivity contribution >= 4 is 0 Å². The first-order chi connectivity index (χ1) is 7.33. The van der Waals surface area contributed by atoms with Crippen LogP contribution >= 0.6 is 0 Å². The van der Waals surface area contributed by atoms with Crippen molar-refractivity contribution in [1.82, 2.24) is 5.32 Å². The van der Waals surface area contributed by atoms with Gasteiger partial charge in [0, 0.05) is 32.7 Å². The van der Waals surface area contributed by atoms with Crippen LogP contribution in [0.1, 0.15) is 13.3 Å². The average Bonchev–Trinajstić information content (AvgIpc) is 2.74. The van der Waals surface area contributed by atoms with Crippen molar-refractivity contribution in [1.29, 1.82) is 0 Å². The van der Waals surface area contributed by atoms with Crippen molar-refractivity contribution in [2.45, 2.75) is 19.4 Å². The van der Waals surface area contributed by atoms with Gasteiger partial charge in [-0.05, 0) is 13.3 Å². The first kappa shape index (κ1) is 12.9. The van der Waals surface area contributed by atoms with E-state index in [2.05, 4.69) is 12.2 Å². The molecule has 0 radical (unpaired) electrons. The van der Waals surface area contributed by atoms with Gasteiger partial charge in [-0.15, -0.1) is 0 Å². The quantitative estimate of drug-likeness (QED) is 0.606. The van der Waals surface area contributed by atoms with E-state index in [-0.39, 0.29) is 6.10 Å². The van der Waals surface area contributed by atoms with Gasteiger partial charge >= 0.3 is 0 Å². The van der Waals surface area contributed by atoms with E-state index in [1.807, 2.05) is 0 Å². The molecule has 0 bridgehead atoms. The molecule has 0 aliphatic carbocycles. The van der Waals surface area contributed by atoms with Crippen LogP contribution in [0.25, 0.3) is 0 Å². The van der Waals surface area contributed by atoms with Gasteiger partial charge in [-0.1, -0.05) is 0 Å². The monoisotopic (exact) mass is 217 g/mol. The topological polar surface area (TPSA) is 39.7 Å². The Morgan fingerprint density at radius 3 is 3.07 bits per heavy atom. The molecule has 2 unspecified atom stereocenters. The largest absolute Gasteiger partial charge is 0.383 e. The van der Waals surface area contributed by atoms with Crippen LogP contribution in [0.5, 0.6) is 0 Å². The zero-order chi connectivity index (χ0) is 10.9. The third-order valence-electron chi connectivity index (χ3n) is 2.56.